The molecule has 2 aromatic rings. The summed E-state index contributed by atoms with van der Waals surface area (Å²) in [7, 11) is 0. The number of hydrogen-bond donors (Lipinski definition) is 2. The molecule has 1 aromatic carbocycles. The molecule has 1 aromatic heterocycles. The van der Waals surface area contributed by atoms with Crippen LogP contribution in [0.25, 0.3) is 11.4 Å². The number of H-pyrrole nitrogens is 1. The first-order chi connectivity index (χ1) is 6.79. The van der Waals surface area contributed by atoms with Gasteiger partial charge in [0.25, 0.3) is 0 Å². The van der Waals surface area contributed by atoms with Gasteiger partial charge in [0.05, 0.1) is 0 Å². The molecule has 0 bridgehead atoms. The van der Waals surface area contributed by atoms with E-state index in [0.29, 0.717) is 6.54 Å². The van der Waals surface area contributed by atoms with Gasteiger partial charge >= 0.3 is 0 Å². The Hall–Kier alpha value is -1.68. The number of nitrogens with one attached hydrogen (secondary N) is 1. The maximum Gasteiger partial charge on any atom is 0.181 e. The lowest BCUT2D eigenvalue weighted by atomic mass is 10.1. The summed E-state index contributed by atoms with van der Waals surface area (Å²) < 4.78 is 0. The standard InChI is InChI=1S/C10H12N4/c1-7-12-10(14-13-7)9-4-2-8(6-11)3-5-9/h2-5H,6,11H2,1H3,(H,12,13,14). The van der Waals surface area contributed by atoms with Gasteiger partial charge in [0.2, 0.25) is 0 Å². The minimum Gasteiger partial charge on any atom is -0.326 e. The van der Waals surface area contributed by atoms with Gasteiger partial charge in [-0.2, -0.15) is 5.10 Å². The van der Waals surface area contributed by atoms with E-state index in [0.717, 1.165) is 22.8 Å². The first kappa shape index (κ1) is 8.90. The van der Waals surface area contributed by atoms with Crippen molar-refractivity contribution in [3.05, 3.63) is 35.7 Å². The Morgan fingerprint density at radius 2 is 2.00 bits per heavy atom. The number of benzene rings is 1. The minimum atomic E-state index is 0.563. The zero-order valence-electron chi connectivity index (χ0n) is 7.99. The van der Waals surface area contributed by atoms with E-state index >= 15 is 0 Å². The fourth-order valence-electron chi connectivity index (χ4n) is 1.26. The Balaban J connectivity index is 2.33. The molecule has 0 fully saturated rings. The van der Waals surface area contributed by atoms with E-state index < -0.39 is 0 Å². The number of rotatable bonds is 2. The lowest BCUT2D eigenvalue weighted by molar-refractivity contribution is 1.04. The molecule has 0 radical (unpaired) electrons. The smallest absolute Gasteiger partial charge is 0.181 e. The second kappa shape index (κ2) is 3.59. The van der Waals surface area contributed by atoms with Crippen LogP contribution in [0.4, 0.5) is 0 Å². The fourth-order valence-corrected chi connectivity index (χ4v) is 1.26. The highest BCUT2D eigenvalue weighted by Crippen LogP contribution is 2.14. The summed E-state index contributed by atoms with van der Waals surface area (Å²) in [5.41, 5.74) is 7.62. The number of nitrogens with two attached hydrogens (primary N) is 1. The van der Waals surface area contributed by atoms with Gasteiger partial charge < -0.3 is 5.73 Å². The van der Waals surface area contributed by atoms with Crippen LogP contribution in [0.15, 0.2) is 24.3 Å². The maximum atomic E-state index is 5.51. The SMILES string of the molecule is Cc1nc(-c2ccc(CN)cc2)n[nH]1. The van der Waals surface area contributed by atoms with Crippen LogP contribution in [0, 0.1) is 6.92 Å². The van der Waals surface area contributed by atoms with Crippen molar-refractivity contribution in [2.24, 2.45) is 5.73 Å². The average molecular weight is 188 g/mol. The van der Waals surface area contributed by atoms with Gasteiger partial charge in [-0.05, 0) is 12.5 Å². The predicted molar refractivity (Wildman–Crippen MR) is 54.4 cm³/mol. The number of hydrogen-bond acceptors (Lipinski definition) is 3. The van der Waals surface area contributed by atoms with E-state index in [9.17, 15) is 0 Å². The van der Waals surface area contributed by atoms with Crippen LogP contribution in [-0.4, -0.2) is 15.2 Å². The van der Waals surface area contributed by atoms with Crippen molar-refractivity contribution < 1.29 is 0 Å². The molecule has 72 valence electrons. The van der Waals surface area contributed by atoms with Crippen LogP contribution < -0.4 is 5.73 Å². The fraction of sp³-hybridized carbons (Fsp3) is 0.200. The summed E-state index contributed by atoms with van der Waals surface area (Å²) in [6, 6.07) is 7.93. The van der Waals surface area contributed by atoms with Crippen LogP contribution in [0.2, 0.25) is 0 Å². The molecule has 0 aliphatic rings. The molecule has 4 heteroatoms. The molecule has 0 aliphatic carbocycles. The van der Waals surface area contributed by atoms with Gasteiger partial charge in [0.15, 0.2) is 5.82 Å². The second-order valence-electron chi connectivity index (χ2n) is 3.15. The molecule has 14 heavy (non-hydrogen) atoms. The van der Waals surface area contributed by atoms with E-state index in [4.69, 9.17) is 5.73 Å². The van der Waals surface area contributed by atoms with E-state index in [1.165, 1.54) is 0 Å². The van der Waals surface area contributed by atoms with E-state index in [1.807, 2.05) is 31.2 Å². The Morgan fingerprint density at radius 3 is 2.50 bits per heavy atom. The molecular formula is C10H12N4. The minimum absolute atomic E-state index is 0.563. The number of aromatic nitrogens is 3. The summed E-state index contributed by atoms with van der Waals surface area (Å²) >= 11 is 0. The van der Waals surface area contributed by atoms with Crippen molar-refractivity contribution in [1.82, 2.24) is 15.2 Å². The van der Waals surface area contributed by atoms with Crippen molar-refractivity contribution in [3.63, 3.8) is 0 Å². The number of aromatic amines is 1. The highest BCUT2D eigenvalue weighted by Gasteiger charge is 2.02. The Labute approximate surface area is 82.2 Å². The predicted octanol–water partition coefficient (Wildman–Crippen LogP) is 1.24. The van der Waals surface area contributed by atoms with Crippen molar-refractivity contribution in [1.29, 1.82) is 0 Å². The Morgan fingerprint density at radius 1 is 1.29 bits per heavy atom. The van der Waals surface area contributed by atoms with Gasteiger partial charge in [-0.3, -0.25) is 5.10 Å². The Kier molecular flexibility index (Phi) is 2.28. The monoisotopic (exact) mass is 188 g/mol. The van der Waals surface area contributed by atoms with Crippen LogP contribution in [0.3, 0.4) is 0 Å². The third-order valence-corrected chi connectivity index (χ3v) is 2.05. The molecule has 1 heterocycles. The summed E-state index contributed by atoms with van der Waals surface area (Å²) in [5.74, 6) is 1.55. The highest BCUT2D eigenvalue weighted by atomic mass is 15.2. The van der Waals surface area contributed by atoms with E-state index in [2.05, 4.69) is 15.2 Å². The average Bonchev–Trinajstić information content (AvgIpc) is 2.65. The largest absolute Gasteiger partial charge is 0.326 e. The molecule has 0 saturated heterocycles. The summed E-state index contributed by atoms with van der Waals surface area (Å²) in [5, 5.41) is 6.88. The van der Waals surface area contributed by atoms with Gasteiger partial charge in [-0.15, -0.1) is 0 Å². The zero-order chi connectivity index (χ0) is 9.97. The third-order valence-electron chi connectivity index (χ3n) is 2.05. The lowest BCUT2D eigenvalue weighted by Gasteiger charge is -1.97. The maximum absolute atomic E-state index is 5.51. The highest BCUT2D eigenvalue weighted by molar-refractivity contribution is 5.54. The van der Waals surface area contributed by atoms with E-state index in [-0.39, 0.29) is 0 Å². The second-order valence-corrected chi connectivity index (χ2v) is 3.15. The molecule has 3 N–H and O–H groups in total. The van der Waals surface area contributed by atoms with Crippen LogP contribution in [-0.2, 0) is 6.54 Å². The van der Waals surface area contributed by atoms with Crippen molar-refractivity contribution in [2.45, 2.75) is 13.5 Å². The zero-order valence-corrected chi connectivity index (χ0v) is 7.99. The van der Waals surface area contributed by atoms with Crippen molar-refractivity contribution in [3.8, 4) is 11.4 Å². The quantitative estimate of drug-likeness (QED) is 0.745. The van der Waals surface area contributed by atoms with Gasteiger partial charge in [-0.1, -0.05) is 24.3 Å². The molecule has 0 unspecified atom stereocenters. The molecular weight excluding hydrogens is 176 g/mol. The first-order valence-corrected chi connectivity index (χ1v) is 4.48. The van der Waals surface area contributed by atoms with Gasteiger partial charge in [0.1, 0.15) is 5.82 Å². The van der Waals surface area contributed by atoms with E-state index in [1.54, 1.807) is 0 Å². The molecule has 0 aliphatic heterocycles. The molecule has 0 saturated carbocycles. The molecule has 0 spiro atoms. The molecule has 0 amide bonds. The summed E-state index contributed by atoms with van der Waals surface area (Å²) in [4.78, 5) is 4.24. The van der Waals surface area contributed by atoms with Crippen LogP contribution >= 0.6 is 0 Å². The van der Waals surface area contributed by atoms with Crippen molar-refractivity contribution in [2.75, 3.05) is 0 Å². The summed E-state index contributed by atoms with van der Waals surface area (Å²) in [6.07, 6.45) is 0. The van der Waals surface area contributed by atoms with Crippen molar-refractivity contribution >= 4 is 0 Å². The molecule has 4 nitrogen and oxygen atoms in total. The summed E-state index contributed by atoms with van der Waals surface area (Å²) in [6.45, 7) is 2.44. The molecule has 2 rings (SSSR count). The van der Waals surface area contributed by atoms with Gasteiger partial charge in [0, 0.05) is 12.1 Å². The van der Waals surface area contributed by atoms with Crippen LogP contribution in [0.5, 0.6) is 0 Å². The molecule has 0 atom stereocenters. The first-order valence-electron chi connectivity index (χ1n) is 4.48. The van der Waals surface area contributed by atoms with Gasteiger partial charge in [-0.25, -0.2) is 4.98 Å². The normalized spacial score (nSPS) is 10.4. The topological polar surface area (TPSA) is 67.6 Å². The Bertz CT molecular complexity index is 416. The number of nitrogens with zero attached hydrogens (tertiary/aromatic N) is 2. The third kappa shape index (κ3) is 1.65. The van der Waals surface area contributed by atoms with Crippen LogP contribution in [0.1, 0.15) is 11.4 Å². The lowest BCUT2D eigenvalue weighted by Crippen LogP contribution is -1.95. The number of aryl methyl sites for hydroxylation is 1.